The van der Waals surface area contributed by atoms with Gasteiger partial charge in [-0.15, -0.1) is 0 Å². The predicted octanol–water partition coefficient (Wildman–Crippen LogP) is 2.24. The van der Waals surface area contributed by atoms with Crippen molar-refractivity contribution in [3.63, 3.8) is 0 Å². The van der Waals surface area contributed by atoms with Crippen LogP contribution >= 0.6 is 0 Å². The van der Waals surface area contributed by atoms with Crippen LogP contribution in [-0.4, -0.2) is 30.6 Å². The summed E-state index contributed by atoms with van der Waals surface area (Å²) in [4.78, 5) is 21.9. The van der Waals surface area contributed by atoms with Crippen LogP contribution < -0.4 is 0 Å². The van der Waals surface area contributed by atoms with Gasteiger partial charge in [-0.2, -0.15) is 0 Å². The molecule has 110 valence electrons. The first kappa shape index (κ1) is 16.3. The number of nitro benzene ring substituents is 1. The zero-order chi connectivity index (χ0) is 15.3. The van der Waals surface area contributed by atoms with E-state index in [0.717, 1.165) is 6.07 Å². The second kappa shape index (κ2) is 6.60. The normalized spacial score (nSPS) is 11.6. The molecule has 0 N–H and O–H groups in total. The van der Waals surface area contributed by atoms with Crippen LogP contribution in [-0.2, 0) is 9.84 Å². The molecule has 0 unspecified atom stereocenters. The molecule has 0 heterocycles. The van der Waals surface area contributed by atoms with Crippen molar-refractivity contribution in [2.24, 2.45) is 5.92 Å². The van der Waals surface area contributed by atoms with Crippen LogP contribution in [0.1, 0.15) is 30.6 Å². The molecule has 0 aliphatic rings. The molecule has 0 saturated heterocycles. The second-order valence-corrected chi connectivity index (χ2v) is 7.19. The Morgan fingerprint density at radius 1 is 1.35 bits per heavy atom. The average molecular weight is 299 g/mol. The van der Waals surface area contributed by atoms with Gasteiger partial charge in [0.1, 0.15) is 5.75 Å². The fourth-order valence-corrected chi connectivity index (χ4v) is 3.10. The molecule has 0 radical (unpaired) electrons. The van der Waals surface area contributed by atoms with E-state index >= 15 is 0 Å². The largest absolute Gasteiger partial charge is 0.293 e. The summed E-state index contributed by atoms with van der Waals surface area (Å²) in [7, 11) is -3.48. The van der Waals surface area contributed by atoms with Crippen LogP contribution in [0.5, 0.6) is 0 Å². The first-order valence-corrected chi connectivity index (χ1v) is 8.01. The number of benzene rings is 1. The Bertz CT molecular complexity index is 607. The fraction of sp³-hybridized carbons (Fsp3) is 0.462. The van der Waals surface area contributed by atoms with Crippen molar-refractivity contribution >= 4 is 21.3 Å². The highest BCUT2D eigenvalue weighted by molar-refractivity contribution is 7.92. The maximum absolute atomic E-state index is 11.9. The highest BCUT2D eigenvalue weighted by Gasteiger charge is 2.19. The Balaban J connectivity index is 2.81. The van der Waals surface area contributed by atoms with Gasteiger partial charge in [-0.25, -0.2) is 8.42 Å². The van der Waals surface area contributed by atoms with Gasteiger partial charge in [0.15, 0.2) is 15.6 Å². The van der Waals surface area contributed by atoms with Crippen LogP contribution in [0.15, 0.2) is 24.3 Å². The first-order chi connectivity index (χ1) is 9.21. The summed E-state index contributed by atoms with van der Waals surface area (Å²) < 4.78 is 23.6. The molecule has 1 aromatic rings. The minimum Gasteiger partial charge on any atom is -0.293 e. The summed E-state index contributed by atoms with van der Waals surface area (Å²) in [6.45, 7) is 3.80. The summed E-state index contributed by atoms with van der Waals surface area (Å²) >= 11 is 0. The van der Waals surface area contributed by atoms with E-state index in [1.165, 1.54) is 18.2 Å². The number of rotatable bonds is 7. The third-order valence-corrected chi connectivity index (χ3v) is 4.30. The maximum Gasteiger partial charge on any atom is 0.270 e. The Morgan fingerprint density at radius 2 is 2.00 bits per heavy atom. The van der Waals surface area contributed by atoms with Crippen molar-refractivity contribution in [1.82, 2.24) is 0 Å². The number of hydrogen-bond donors (Lipinski definition) is 0. The van der Waals surface area contributed by atoms with Crippen molar-refractivity contribution in [2.45, 2.75) is 20.3 Å². The van der Waals surface area contributed by atoms with Gasteiger partial charge in [-0.3, -0.25) is 14.9 Å². The highest BCUT2D eigenvalue weighted by atomic mass is 32.2. The second-order valence-electron chi connectivity index (χ2n) is 5.01. The molecule has 20 heavy (non-hydrogen) atoms. The van der Waals surface area contributed by atoms with Gasteiger partial charge < -0.3 is 0 Å². The molecule has 0 bridgehead atoms. The monoisotopic (exact) mass is 299 g/mol. The third-order valence-electron chi connectivity index (χ3n) is 2.74. The lowest BCUT2D eigenvalue weighted by atomic mass is 10.1. The molecule has 0 aromatic heterocycles. The Kier molecular flexibility index (Phi) is 5.38. The van der Waals surface area contributed by atoms with E-state index in [1.807, 2.05) is 13.8 Å². The summed E-state index contributed by atoms with van der Waals surface area (Å²) in [5, 5.41) is 10.6. The minimum absolute atomic E-state index is 0.0484. The smallest absolute Gasteiger partial charge is 0.270 e. The van der Waals surface area contributed by atoms with Gasteiger partial charge >= 0.3 is 0 Å². The SMILES string of the molecule is CC(C)CCS(=O)(=O)CC(=O)c1cccc([N+](=O)[O-])c1. The van der Waals surface area contributed by atoms with Gasteiger partial charge in [0, 0.05) is 17.7 Å². The Morgan fingerprint density at radius 3 is 2.55 bits per heavy atom. The zero-order valence-electron chi connectivity index (χ0n) is 11.4. The number of nitrogens with zero attached hydrogens (tertiary/aromatic N) is 1. The number of carbonyl (C=O) groups excluding carboxylic acids is 1. The third kappa shape index (κ3) is 5.08. The van der Waals surface area contributed by atoms with E-state index in [0.29, 0.717) is 6.42 Å². The average Bonchev–Trinajstić information content (AvgIpc) is 2.36. The quantitative estimate of drug-likeness (QED) is 0.437. The van der Waals surface area contributed by atoms with Gasteiger partial charge in [0.25, 0.3) is 5.69 Å². The lowest BCUT2D eigenvalue weighted by molar-refractivity contribution is -0.384. The number of Topliss-reactive ketones (excluding diaryl/α,β-unsaturated/α-hetero) is 1. The lowest BCUT2D eigenvalue weighted by Gasteiger charge is -2.06. The van der Waals surface area contributed by atoms with E-state index < -0.39 is 26.3 Å². The van der Waals surface area contributed by atoms with Gasteiger partial charge in [-0.05, 0) is 12.3 Å². The van der Waals surface area contributed by atoms with Crippen LogP contribution in [0.25, 0.3) is 0 Å². The van der Waals surface area contributed by atoms with Gasteiger partial charge in [-0.1, -0.05) is 26.0 Å². The van der Waals surface area contributed by atoms with Crippen LogP contribution in [0, 0.1) is 16.0 Å². The molecule has 1 aromatic carbocycles. The van der Waals surface area contributed by atoms with Crippen molar-refractivity contribution in [3.05, 3.63) is 39.9 Å². The van der Waals surface area contributed by atoms with Crippen LogP contribution in [0.4, 0.5) is 5.69 Å². The van der Waals surface area contributed by atoms with E-state index in [-0.39, 0.29) is 22.9 Å². The minimum atomic E-state index is -3.48. The van der Waals surface area contributed by atoms with Gasteiger partial charge in [0.2, 0.25) is 0 Å². The van der Waals surface area contributed by atoms with Crippen molar-refractivity contribution in [3.8, 4) is 0 Å². The number of nitro groups is 1. The maximum atomic E-state index is 11.9. The van der Waals surface area contributed by atoms with E-state index in [2.05, 4.69) is 0 Å². The molecule has 0 atom stereocenters. The molecule has 0 aliphatic heterocycles. The first-order valence-electron chi connectivity index (χ1n) is 6.19. The van der Waals surface area contributed by atoms with E-state index in [4.69, 9.17) is 0 Å². The lowest BCUT2D eigenvalue weighted by Crippen LogP contribution is -2.20. The number of ketones is 1. The number of hydrogen-bond acceptors (Lipinski definition) is 5. The molecule has 1 rings (SSSR count). The summed E-state index contributed by atoms with van der Waals surface area (Å²) in [5.74, 6) is -1.04. The fourth-order valence-electron chi connectivity index (χ4n) is 1.56. The summed E-state index contributed by atoms with van der Waals surface area (Å²) in [6.07, 6.45) is 0.491. The number of carbonyl (C=O) groups is 1. The topological polar surface area (TPSA) is 94.3 Å². The molecular weight excluding hydrogens is 282 g/mol. The molecule has 7 heteroatoms. The summed E-state index contributed by atoms with van der Waals surface area (Å²) in [6, 6.07) is 5.10. The molecular formula is C13H17NO5S. The summed E-state index contributed by atoms with van der Waals surface area (Å²) in [5.41, 5.74) is -0.178. The predicted molar refractivity (Wildman–Crippen MR) is 75.5 cm³/mol. The van der Waals surface area contributed by atoms with Gasteiger partial charge in [0.05, 0.1) is 10.7 Å². The molecule has 0 aliphatic carbocycles. The standard InChI is InChI=1S/C13H17NO5S/c1-10(2)6-7-20(18,19)9-13(15)11-4-3-5-12(8-11)14(16)17/h3-5,8,10H,6-7,9H2,1-2H3. The van der Waals surface area contributed by atoms with Crippen molar-refractivity contribution in [2.75, 3.05) is 11.5 Å². The van der Waals surface area contributed by atoms with Crippen molar-refractivity contribution in [1.29, 1.82) is 0 Å². The van der Waals surface area contributed by atoms with Crippen LogP contribution in [0.2, 0.25) is 0 Å². The molecule has 0 fully saturated rings. The Hall–Kier alpha value is -1.76. The van der Waals surface area contributed by atoms with Crippen molar-refractivity contribution < 1.29 is 18.1 Å². The zero-order valence-corrected chi connectivity index (χ0v) is 12.2. The number of sulfone groups is 1. The van der Waals surface area contributed by atoms with Crippen LogP contribution in [0.3, 0.4) is 0 Å². The molecule has 6 nitrogen and oxygen atoms in total. The molecule has 0 amide bonds. The molecule has 0 spiro atoms. The van der Waals surface area contributed by atoms with E-state index in [9.17, 15) is 23.3 Å². The van der Waals surface area contributed by atoms with E-state index in [1.54, 1.807) is 0 Å². The highest BCUT2D eigenvalue weighted by Crippen LogP contribution is 2.14. The molecule has 0 saturated carbocycles. The Labute approximate surface area is 117 Å². The number of non-ortho nitro benzene ring substituents is 1.